The number of hydrogen-bond donors (Lipinski definition) is 3. The summed E-state index contributed by atoms with van der Waals surface area (Å²) in [5.74, 6) is 1.67. The van der Waals surface area contributed by atoms with Gasteiger partial charge in [0.1, 0.15) is 4.99 Å². The Balaban J connectivity index is 2.03. The number of thioether (sulfide) groups is 1. The van der Waals surface area contributed by atoms with E-state index in [2.05, 4.69) is 29.1 Å². The van der Waals surface area contributed by atoms with Crippen molar-refractivity contribution < 1.29 is 0 Å². The molecule has 15 heavy (non-hydrogen) atoms. The lowest BCUT2D eigenvalue weighted by molar-refractivity contribution is 0.150. The van der Waals surface area contributed by atoms with E-state index < -0.39 is 0 Å². The molecule has 1 aliphatic heterocycles. The first-order chi connectivity index (χ1) is 7.27. The van der Waals surface area contributed by atoms with E-state index in [9.17, 15) is 0 Å². The lowest BCUT2D eigenvalue weighted by Crippen LogP contribution is -2.67. The number of rotatable bonds is 2. The smallest absolute Gasteiger partial charge is 0.121 e. The molecule has 2 atom stereocenters. The van der Waals surface area contributed by atoms with Crippen molar-refractivity contribution in [2.45, 2.75) is 37.6 Å². The summed E-state index contributed by atoms with van der Waals surface area (Å²) in [6.45, 7) is 4.25. The highest BCUT2D eigenvalue weighted by Gasteiger charge is 2.40. The van der Waals surface area contributed by atoms with Gasteiger partial charge in [-0.25, -0.2) is 0 Å². The molecule has 1 aliphatic carbocycles. The Labute approximate surface area is 97.1 Å². The molecule has 0 amide bonds. The summed E-state index contributed by atoms with van der Waals surface area (Å²) in [5, 5.41) is 10.5. The zero-order valence-corrected chi connectivity index (χ0v) is 10.6. The summed E-state index contributed by atoms with van der Waals surface area (Å²) in [6.07, 6.45) is 7.75. The second-order valence-corrected chi connectivity index (χ2v) is 5.92. The molecule has 0 aromatic carbocycles. The molecule has 0 aromatic heterocycles. The molecule has 1 heterocycles. The highest BCUT2D eigenvalue weighted by molar-refractivity contribution is 7.99. The van der Waals surface area contributed by atoms with E-state index in [4.69, 9.17) is 0 Å². The van der Waals surface area contributed by atoms with Gasteiger partial charge in [-0.3, -0.25) is 16.0 Å². The van der Waals surface area contributed by atoms with E-state index in [1.165, 1.54) is 25.7 Å². The minimum Gasteiger partial charge on any atom is -0.292 e. The molecule has 2 unspecified atom stereocenters. The highest BCUT2D eigenvalue weighted by atomic mass is 32.2. The van der Waals surface area contributed by atoms with Crippen molar-refractivity contribution in [3.05, 3.63) is 0 Å². The van der Waals surface area contributed by atoms with E-state index in [1.807, 2.05) is 11.8 Å². The SMILES string of the molecule is CSC1(C2CCCC(C)C2)NCNCN1. The maximum atomic E-state index is 3.61. The minimum absolute atomic E-state index is 0.125. The van der Waals surface area contributed by atoms with Crippen LogP contribution in [0.4, 0.5) is 0 Å². The van der Waals surface area contributed by atoms with Gasteiger partial charge in [-0.15, -0.1) is 11.8 Å². The van der Waals surface area contributed by atoms with Crippen LogP contribution in [0.15, 0.2) is 0 Å². The molecule has 3 nitrogen and oxygen atoms in total. The van der Waals surface area contributed by atoms with E-state index >= 15 is 0 Å². The molecule has 4 heteroatoms. The molecule has 3 N–H and O–H groups in total. The average Bonchev–Trinajstić information content (AvgIpc) is 2.30. The standard InChI is InChI=1S/C11H23N3S/c1-9-4-3-5-10(6-9)11(15-2)13-7-12-8-14-11/h9-10,12-14H,3-8H2,1-2H3. The zero-order valence-electron chi connectivity index (χ0n) is 9.81. The molecular weight excluding hydrogens is 206 g/mol. The van der Waals surface area contributed by atoms with Gasteiger partial charge in [-0.05, 0) is 25.0 Å². The molecule has 1 saturated heterocycles. The summed E-state index contributed by atoms with van der Waals surface area (Å²) in [4.78, 5) is 0.125. The van der Waals surface area contributed by atoms with Crippen molar-refractivity contribution in [2.24, 2.45) is 11.8 Å². The highest BCUT2D eigenvalue weighted by Crippen LogP contribution is 2.39. The lowest BCUT2D eigenvalue weighted by Gasteiger charge is -2.46. The quantitative estimate of drug-likeness (QED) is 0.671. The lowest BCUT2D eigenvalue weighted by atomic mass is 9.80. The van der Waals surface area contributed by atoms with Crippen LogP contribution in [-0.4, -0.2) is 24.6 Å². The Morgan fingerprint density at radius 1 is 1.20 bits per heavy atom. The van der Waals surface area contributed by atoms with Crippen molar-refractivity contribution >= 4 is 11.8 Å². The van der Waals surface area contributed by atoms with Gasteiger partial charge in [0.05, 0.1) is 0 Å². The van der Waals surface area contributed by atoms with Crippen LogP contribution in [0.2, 0.25) is 0 Å². The van der Waals surface area contributed by atoms with Crippen LogP contribution in [0.25, 0.3) is 0 Å². The molecule has 2 fully saturated rings. The minimum atomic E-state index is 0.125. The van der Waals surface area contributed by atoms with E-state index in [-0.39, 0.29) is 4.99 Å². The third-order valence-electron chi connectivity index (χ3n) is 3.79. The van der Waals surface area contributed by atoms with Crippen molar-refractivity contribution in [1.82, 2.24) is 16.0 Å². The van der Waals surface area contributed by atoms with Crippen molar-refractivity contribution in [2.75, 3.05) is 19.6 Å². The Morgan fingerprint density at radius 2 is 1.93 bits per heavy atom. The second kappa shape index (κ2) is 5.04. The molecular formula is C11H23N3S. The Hall–Kier alpha value is 0.230. The summed E-state index contributed by atoms with van der Waals surface area (Å²) in [6, 6.07) is 0. The fourth-order valence-corrected chi connectivity index (χ4v) is 3.90. The molecule has 0 radical (unpaired) electrons. The normalized spacial score (nSPS) is 36.4. The average molecular weight is 229 g/mol. The van der Waals surface area contributed by atoms with Gasteiger partial charge in [0.2, 0.25) is 0 Å². The van der Waals surface area contributed by atoms with E-state index in [0.29, 0.717) is 0 Å². The first kappa shape index (κ1) is 11.7. The first-order valence-electron chi connectivity index (χ1n) is 6.03. The Morgan fingerprint density at radius 3 is 2.53 bits per heavy atom. The summed E-state index contributed by atoms with van der Waals surface area (Å²) in [7, 11) is 0. The van der Waals surface area contributed by atoms with Gasteiger partial charge < -0.3 is 0 Å². The van der Waals surface area contributed by atoms with Crippen LogP contribution < -0.4 is 16.0 Å². The summed E-state index contributed by atoms with van der Waals surface area (Å²) in [5.41, 5.74) is 0. The number of hydrogen-bond acceptors (Lipinski definition) is 4. The van der Waals surface area contributed by atoms with Crippen LogP contribution in [-0.2, 0) is 0 Å². The molecule has 0 aromatic rings. The van der Waals surface area contributed by atoms with Crippen molar-refractivity contribution in [3.63, 3.8) is 0 Å². The molecule has 0 spiro atoms. The molecule has 1 saturated carbocycles. The second-order valence-electron chi connectivity index (χ2n) is 4.87. The monoisotopic (exact) mass is 229 g/mol. The third-order valence-corrected chi connectivity index (χ3v) is 5.05. The van der Waals surface area contributed by atoms with Gasteiger partial charge >= 0.3 is 0 Å². The van der Waals surface area contributed by atoms with Crippen LogP contribution in [0, 0.1) is 11.8 Å². The van der Waals surface area contributed by atoms with Crippen molar-refractivity contribution in [1.29, 1.82) is 0 Å². The fourth-order valence-electron chi connectivity index (χ4n) is 2.92. The van der Waals surface area contributed by atoms with E-state index in [1.54, 1.807) is 0 Å². The molecule has 88 valence electrons. The first-order valence-corrected chi connectivity index (χ1v) is 7.25. The van der Waals surface area contributed by atoms with Crippen LogP contribution in [0.1, 0.15) is 32.6 Å². The summed E-state index contributed by atoms with van der Waals surface area (Å²) < 4.78 is 0. The number of nitrogens with one attached hydrogen (secondary N) is 3. The molecule has 2 aliphatic rings. The predicted octanol–water partition coefficient (Wildman–Crippen LogP) is 1.53. The maximum Gasteiger partial charge on any atom is 0.121 e. The van der Waals surface area contributed by atoms with Crippen LogP contribution in [0.5, 0.6) is 0 Å². The predicted molar refractivity (Wildman–Crippen MR) is 66.5 cm³/mol. The Bertz CT molecular complexity index is 204. The maximum absolute atomic E-state index is 3.61. The van der Waals surface area contributed by atoms with Gasteiger partial charge in [-0.1, -0.05) is 19.8 Å². The van der Waals surface area contributed by atoms with Gasteiger partial charge in [-0.2, -0.15) is 0 Å². The Kier molecular flexibility index (Phi) is 3.93. The largest absolute Gasteiger partial charge is 0.292 e. The third kappa shape index (κ3) is 2.49. The zero-order chi connectivity index (χ0) is 10.7. The van der Waals surface area contributed by atoms with Crippen molar-refractivity contribution in [3.8, 4) is 0 Å². The molecule has 2 rings (SSSR count). The molecule has 0 bridgehead atoms. The summed E-state index contributed by atoms with van der Waals surface area (Å²) >= 11 is 1.94. The van der Waals surface area contributed by atoms with Crippen LogP contribution in [0.3, 0.4) is 0 Å². The topological polar surface area (TPSA) is 36.1 Å². The van der Waals surface area contributed by atoms with Gasteiger partial charge in [0.25, 0.3) is 0 Å². The van der Waals surface area contributed by atoms with Gasteiger partial charge in [0, 0.05) is 19.3 Å². The van der Waals surface area contributed by atoms with E-state index in [0.717, 1.165) is 25.2 Å². The van der Waals surface area contributed by atoms with Crippen LogP contribution >= 0.6 is 11.8 Å². The fraction of sp³-hybridized carbons (Fsp3) is 1.00. The van der Waals surface area contributed by atoms with Gasteiger partial charge in [0.15, 0.2) is 0 Å².